The molecule has 0 bridgehead atoms. The Morgan fingerprint density at radius 2 is 2.13 bits per heavy atom. The van der Waals surface area contributed by atoms with Crippen LogP contribution in [0.5, 0.6) is 0 Å². The van der Waals surface area contributed by atoms with Gasteiger partial charge in [-0.15, -0.1) is 0 Å². The molecule has 2 rings (SSSR count). The quantitative estimate of drug-likeness (QED) is 0.797. The summed E-state index contributed by atoms with van der Waals surface area (Å²) < 4.78 is 0. The van der Waals surface area contributed by atoms with Gasteiger partial charge in [0.2, 0.25) is 0 Å². The van der Waals surface area contributed by atoms with Crippen molar-refractivity contribution < 1.29 is 0 Å². The standard InChI is InChI=1S/C12H17ClN2/c1-2-15(12-3-4-12)8-9-5-10(13)7-11(14)6-9/h5-7,12H,2-4,8,14H2,1H3. The molecule has 0 heterocycles. The normalized spacial score (nSPS) is 15.9. The lowest BCUT2D eigenvalue weighted by atomic mass is 10.2. The van der Waals surface area contributed by atoms with Gasteiger partial charge in [0.25, 0.3) is 0 Å². The van der Waals surface area contributed by atoms with Crippen molar-refractivity contribution in [3.05, 3.63) is 28.8 Å². The molecule has 0 spiro atoms. The summed E-state index contributed by atoms with van der Waals surface area (Å²) in [5.41, 5.74) is 7.74. The molecule has 0 unspecified atom stereocenters. The first-order chi connectivity index (χ1) is 7.19. The number of nitrogens with zero attached hydrogens (tertiary/aromatic N) is 1. The Bertz CT molecular complexity index is 327. The highest BCUT2D eigenvalue weighted by molar-refractivity contribution is 6.30. The van der Waals surface area contributed by atoms with Gasteiger partial charge in [-0.25, -0.2) is 0 Å². The maximum atomic E-state index is 5.97. The first kappa shape index (κ1) is 10.8. The van der Waals surface area contributed by atoms with Gasteiger partial charge in [-0.3, -0.25) is 4.90 Å². The van der Waals surface area contributed by atoms with Crippen molar-refractivity contribution in [1.29, 1.82) is 0 Å². The van der Waals surface area contributed by atoms with Crippen LogP contribution in [0.25, 0.3) is 0 Å². The first-order valence-electron chi connectivity index (χ1n) is 5.48. The molecule has 1 aliphatic rings. The third kappa shape index (κ3) is 2.86. The van der Waals surface area contributed by atoms with Crippen molar-refractivity contribution in [3.63, 3.8) is 0 Å². The first-order valence-corrected chi connectivity index (χ1v) is 5.86. The van der Waals surface area contributed by atoms with Gasteiger partial charge in [-0.1, -0.05) is 18.5 Å². The Morgan fingerprint density at radius 1 is 1.40 bits per heavy atom. The maximum absolute atomic E-state index is 5.97. The lowest BCUT2D eigenvalue weighted by Gasteiger charge is -2.20. The summed E-state index contributed by atoms with van der Waals surface area (Å²) in [7, 11) is 0. The van der Waals surface area contributed by atoms with Gasteiger partial charge in [0.1, 0.15) is 0 Å². The molecule has 2 N–H and O–H groups in total. The fourth-order valence-corrected chi connectivity index (χ4v) is 2.21. The lowest BCUT2D eigenvalue weighted by Crippen LogP contribution is -2.25. The molecule has 0 saturated heterocycles. The van der Waals surface area contributed by atoms with E-state index in [9.17, 15) is 0 Å². The van der Waals surface area contributed by atoms with E-state index in [-0.39, 0.29) is 0 Å². The van der Waals surface area contributed by atoms with Gasteiger partial charge in [0.15, 0.2) is 0 Å². The Morgan fingerprint density at radius 3 is 2.67 bits per heavy atom. The van der Waals surface area contributed by atoms with E-state index < -0.39 is 0 Å². The van der Waals surface area contributed by atoms with Crippen LogP contribution in [0, 0.1) is 0 Å². The fraction of sp³-hybridized carbons (Fsp3) is 0.500. The van der Waals surface area contributed by atoms with Gasteiger partial charge in [-0.2, -0.15) is 0 Å². The molecule has 1 saturated carbocycles. The molecule has 1 fully saturated rings. The van der Waals surface area contributed by atoms with Crippen molar-refractivity contribution in [2.45, 2.75) is 32.4 Å². The topological polar surface area (TPSA) is 29.3 Å². The SMILES string of the molecule is CCN(Cc1cc(N)cc(Cl)c1)C1CC1. The van der Waals surface area contributed by atoms with Crippen LogP contribution in [0.4, 0.5) is 5.69 Å². The minimum Gasteiger partial charge on any atom is -0.399 e. The average Bonchev–Trinajstić information content (AvgIpc) is 2.95. The molecule has 1 aromatic rings. The highest BCUT2D eigenvalue weighted by Gasteiger charge is 2.27. The molecule has 82 valence electrons. The Labute approximate surface area is 96.0 Å². The lowest BCUT2D eigenvalue weighted by molar-refractivity contribution is 0.269. The molecular weight excluding hydrogens is 208 g/mol. The molecule has 0 aliphatic heterocycles. The van der Waals surface area contributed by atoms with Crippen LogP contribution >= 0.6 is 11.6 Å². The van der Waals surface area contributed by atoms with Crippen LogP contribution in [0.3, 0.4) is 0 Å². The Kier molecular flexibility index (Phi) is 3.17. The van der Waals surface area contributed by atoms with Crippen LogP contribution in [-0.2, 0) is 6.54 Å². The summed E-state index contributed by atoms with van der Waals surface area (Å²) in [6, 6.07) is 6.59. The molecule has 3 heteroatoms. The van der Waals surface area contributed by atoms with E-state index in [1.54, 1.807) is 6.07 Å². The van der Waals surface area contributed by atoms with Crippen LogP contribution in [0.1, 0.15) is 25.3 Å². The number of rotatable bonds is 4. The van der Waals surface area contributed by atoms with Gasteiger partial charge in [0.05, 0.1) is 0 Å². The molecule has 0 amide bonds. The highest BCUT2D eigenvalue weighted by Crippen LogP contribution is 2.28. The largest absolute Gasteiger partial charge is 0.399 e. The van der Waals surface area contributed by atoms with Crippen LogP contribution < -0.4 is 5.73 Å². The molecule has 0 atom stereocenters. The predicted octanol–water partition coefficient (Wildman–Crippen LogP) is 2.91. The van der Waals surface area contributed by atoms with Crippen molar-refractivity contribution in [1.82, 2.24) is 4.90 Å². The summed E-state index contributed by atoms with van der Waals surface area (Å²) in [6.07, 6.45) is 2.67. The van der Waals surface area contributed by atoms with E-state index in [1.165, 1.54) is 18.4 Å². The second-order valence-electron chi connectivity index (χ2n) is 4.19. The van der Waals surface area contributed by atoms with Crippen molar-refractivity contribution in [3.8, 4) is 0 Å². The van der Waals surface area contributed by atoms with E-state index >= 15 is 0 Å². The van der Waals surface area contributed by atoms with Crippen LogP contribution in [-0.4, -0.2) is 17.5 Å². The van der Waals surface area contributed by atoms with Gasteiger partial charge < -0.3 is 5.73 Å². The summed E-state index contributed by atoms with van der Waals surface area (Å²) in [6.45, 7) is 4.26. The van der Waals surface area contributed by atoms with Crippen LogP contribution in [0.2, 0.25) is 5.02 Å². The number of benzene rings is 1. The molecule has 0 aromatic heterocycles. The summed E-state index contributed by atoms with van der Waals surface area (Å²) in [4.78, 5) is 2.48. The monoisotopic (exact) mass is 224 g/mol. The third-order valence-electron chi connectivity index (χ3n) is 2.84. The molecule has 2 nitrogen and oxygen atoms in total. The summed E-state index contributed by atoms with van der Waals surface area (Å²) in [5, 5.41) is 0.733. The number of nitrogens with two attached hydrogens (primary N) is 1. The number of hydrogen-bond acceptors (Lipinski definition) is 2. The maximum Gasteiger partial charge on any atom is 0.0429 e. The Hall–Kier alpha value is -0.730. The van der Waals surface area contributed by atoms with Crippen molar-refractivity contribution in [2.24, 2.45) is 0 Å². The number of nitrogen functional groups attached to an aromatic ring is 1. The average molecular weight is 225 g/mol. The highest BCUT2D eigenvalue weighted by atomic mass is 35.5. The zero-order valence-corrected chi connectivity index (χ0v) is 9.80. The molecule has 15 heavy (non-hydrogen) atoms. The van der Waals surface area contributed by atoms with E-state index in [2.05, 4.69) is 11.8 Å². The zero-order valence-electron chi connectivity index (χ0n) is 9.04. The zero-order chi connectivity index (χ0) is 10.8. The minimum atomic E-state index is 0.733. The molecule has 0 radical (unpaired) electrons. The molecular formula is C12H17ClN2. The molecule has 1 aromatic carbocycles. The van der Waals surface area contributed by atoms with Gasteiger partial charge in [-0.05, 0) is 43.1 Å². The third-order valence-corrected chi connectivity index (χ3v) is 3.05. The Balaban J connectivity index is 2.08. The summed E-state index contributed by atoms with van der Waals surface area (Å²) in [5.74, 6) is 0. The van der Waals surface area contributed by atoms with Gasteiger partial charge in [0, 0.05) is 23.3 Å². The van der Waals surface area contributed by atoms with Crippen molar-refractivity contribution in [2.75, 3.05) is 12.3 Å². The van der Waals surface area contributed by atoms with E-state index in [0.717, 1.165) is 29.8 Å². The minimum absolute atomic E-state index is 0.733. The second kappa shape index (κ2) is 4.42. The second-order valence-corrected chi connectivity index (χ2v) is 4.62. The van der Waals surface area contributed by atoms with E-state index in [0.29, 0.717) is 0 Å². The molecule has 1 aliphatic carbocycles. The van der Waals surface area contributed by atoms with E-state index in [1.807, 2.05) is 12.1 Å². The fourth-order valence-electron chi connectivity index (χ4n) is 1.94. The predicted molar refractivity (Wildman–Crippen MR) is 65.0 cm³/mol. The van der Waals surface area contributed by atoms with Crippen molar-refractivity contribution >= 4 is 17.3 Å². The number of anilines is 1. The smallest absolute Gasteiger partial charge is 0.0429 e. The summed E-state index contributed by atoms with van der Waals surface area (Å²) >= 11 is 5.97. The number of halogens is 1. The van der Waals surface area contributed by atoms with Crippen LogP contribution in [0.15, 0.2) is 18.2 Å². The van der Waals surface area contributed by atoms with E-state index in [4.69, 9.17) is 17.3 Å². The number of hydrogen-bond donors (Lipinski definition) is 1. The van der Waals surface area contributed by atoms with Gasteiger partial charge >= 0.3 is 0 Å².